The van der Waals surface area contributed by atoms with Crippen molar-refractivity contribution in [2.75, 3.05) is 0 Å². The topological polar surface area (TPSA) is 18.5 Å². The Labute approximate surface area is 96.6 Å². The average Bonchev–Trinajstić information content (AvgIpc) is 2.21. The van der Waals surface area contributed by atoms with Crippen LogP contribution in [0.5, 0.6) is 0 Å². The van der Waals surface area contributed by atoms with Crippen LogP contribution in [0.25, 0.3) is 12.5 Å². The van der Waals surface area contributed by atoms with Crippen LogP contribution in [0.4, 0.5) is 0 Å². The van der Waals surface area contributed by atoms with Crippen molar-refractivity contribution in [2.24, 2.45) is 0 Å². The first-order chi connectivity index (χ1) is 6.81. The summed E-state index contributed by atoms with van der Waals surface area (Å²) >= 11 is 15.9. The second-order valence-corrected chi connectivity index (χ2v) is 3.13. The maximum Gasteiger partial charge on any atom is 0.134 e. The molecule has 5 heteroatoms. The fourth-order valence-corrected chi connectivity index (χ4v) is 1.37. The van der Waals surface area contributed by atoms with E-state index in [0.717, 1.165) is 16.0 Å². The third-order valence-corrected chi connectivity index (χ3v) is 2.14. The van der Waals surface area contributed by atoms with E-state index in [4.69, 9.17) is 35.3 Å². The van der Waals surface area contributed by atoms with Crippen molar-refractivity contribution in [3.63, 3.8) is 0 Å². The van der Waals surface area contributed by atoms with Crippen molar-refractivity contribution < 1.29 is 8.58 Å². The molecule has 0 heterocycles. The minimum atomic E-state index is 0.422. The van der Waals surface area contributed by atoms with Gasteiger partial charge in [-0.05, 0) is 11.6 Å². The molecule has 0 amide bonds. The summed E-state index contributed by atoms with van der Waals surface area (Å²) < 4.78 is 8.78. The third-order valence-electron chi connectivity index (χ3n) is 1.65. The molecule has 0 atom stereocenters. The van der Waals surface area contributed by atoms with Crippen molar-refractivity contribution in [2.45, 2.75) is 5.88 Å². The standard InChI is InChI=1S/C9H7Cl3O2/c10-4-7-1-2-8(5-13-11)9(3-7)6-14-12/h1-3,5-6H,4H2. The minimum Gasteiger partial charge on any atom is -0.393 e. The Morgan fingerprint density at radius 1 is 1.07 bits per heavy atom. The smallest absolute Gasteiger partial charge is 0.134 e. The zero-order valence-corrected chi connectivity index (χ0v) is 9.31. The van der Waals surface area contributed by atoms with Crippen molar-refractivity contribution in [1.29, 1.82) is 0 Å². The summed E-state index contributed by atoms with van der Waals surface area (Å²) in [6.45, 7) is 0. The fourth-order valence-electron chi connectivity index (χ4n) is 1.01. The van der Waals surface area contributed by atoms with Crippen molar-refractivity contribution in [3.05, 3.63) is 34.2 Å². The summed E-state index contributed by atoms with van der Waals surface area (Å²) in [6.07, 6.45) is 2.75. The van der Waals surface area contributed by atoms with Crippen LogP contribution in [0, 0.1) is 0 Å². The molecule has 76 valence electrons. The van der Waals surface area contributed by atoms with Gasteiger partial charge in [-0.15, -0.1) is 11.6 Å². The molecule has 0 saturated carbocycles. The molecule has 0 unspecified atom stereocenters. The number of hydrogen-bond donors (Lipinski definition) is 0. The SMILES string of the molecule is ClCc1ccc(=COCl)c(=COCl)c1. The van der Waals surface area contributed by atoms with Crippen LogP contribution >= 0.6 is 35.3 Å². The monoisotopic (exact) mass is 252 g/mol. The first kappa shape index (κ1) is 11.5. The highest BCUT2D eigenvalue weighted by molar-refractivity contribution is 6.17. The Morgan fingerprint density at radius 2 is 1.71 bits per heavy atom. The van der Waals surface area contributed by atoms with Gasteiger partial charge in [-0.25, -0.2) is 0 Å². The second kappa shape index (κ2) is 6.02. The Hall–Kier alpha value is -0.570. The van der Waals surface area contributed by atoms with Crippen molar-refractivity contribution in [3.8, 4) is 0 Å². The molecule has 1 aromatic rings. The van der Waals surface area contributed by atoms with Crippen molar-refractivity contribution >= 4 is 47.9 Å². The molecule has 0 aliphatic heterocycles. The van der Waals surface area contributed by atoms with Crippen LogP contribution in [0.3, 0.4) is 0 Å². The van der Waals surface area contributed by atoms with Gasteiger partial charge in [0.05, 0.1) is 0 Å². The van der Waals surface area contributed by atoms with E-state index in [2.05, 4.69) is 8.58 Å². The van der Waals surface area contributed by atoms with E-state index in [1.165, 1.54) is 12.5 Å². The number of rotatable bonds is 3. The van der Waals surface area contributed by atoms with E-state index in [-0.39, 0.29) is 0 Å². The lowest BCUT2D eigenvalue weighted by molar-refractivity contribution is 0.597. The molecule has 0 fully saturated rings. The minimum absolute atomic E-state index is 0.422. The highest BCUT2D eigenvalue weighted by Gasteiger charge is 1.92. The fraction of sp³-hybridized carbons (Fsp3) is 0.111. The summed E-state index contributed by atoms with van der Waals surface area (Å²) in [5.41, 5.74) is 0.957. The van der Waals surface area contributed by atoms with E-state index in [1.807, 2.05) is 18.2 Å². The van der Waals surface area contributed by atoms with Crippen LogP contribution in [-0.4, -0.2) is 0 Å². The van der Waals surface area contributed by atoms with Gasteiger partial charge in [0.25, 0.3) is 0 Å². The Bertz CT molecular complexity index is 403. The molecule has 1 rings (SSSR count). The molecule has 0 aromatic heterocycles. The molecule has 0 aliphatic carbocycles. The van der Waals surface area contributed by atoms with E-state index in [1.54, 1.807) is 0 Å². The number of alkyl halides is 1. The Kier molecular flexibility index (Phi) is 4.94. The molecule has 0 bridgehead atoms. The molecule has 0 saturated heterocycles. The summed E-state index contributed by atoms with van der Waals surface area (Å²) in [5.74, 6) is 0.422. The van der Waals surface area contributed by atoms with Gasteiger partial charge >= 0.3 is 0 Å². The molecule has 0 N–H and O–H groups in total. The highest BCUT2D eigenvalue weighted by atomic mass is 35.5. The van der Waals surface area contributed by atoms with Gasteiger partial charge in [-0.1, -0.05) is 12.1 Å². The van der Waals surface area contributed by atoms with Gasteiger partial charge in [0.15, 0.2) is 0 Å². The summed E-state index contributed by atoms with van der Waals surface area (Å²) in [6, 6.07) is 5.50. The molecule has 14 heavy (non-hydrogen) atoms. The average molecular weight is 254 g/mol. The number of halogens is 3. The predicted molar refractivity (Wildman–Crippen MR) is 58.1 cm³/mol. The lowest BCUT2D eigenvalue weighted by Gasteiger charge is -1.95. The van der Waals surface area contributed by atoms with Gasteiger partial charge in [0.2, 0.25) is 0 Å². The van der Waals surface area contributed by atoms with Crippen LogP contribution in [0.15, 0.2) is 18.2 Å². The van der Waals surface area contributed by atoms with E-state index < -0.39 is 0 Å². The van der Waals surface area contributed by atoms with Crippen molar-refractivity contribution in [1.82, 2.24) is 0 Å². The highest BCUT2D eigenvalue weighted by Crippen LogP contribution is 1.97. The normalized spacial score (nSPS) is 13.1. The largest absolute Gasteiger partial charge is 0.393 e. The Balaban J connectivity index is 3.32. The maximum atomic E-state index is 5.67. The lowest BCUT2D eigenvalue weighted by atomic mass is 10.2. The van der Waals surface area contributed by atoms with Gasteiger partial charge in [-0.2, -0.15) is 0 Å². The summed E-state index contributed by atoms with van der Waals surface area (Å²) in [4.78, 5) is 0. The van der Waals surface area contributed by atoms with Crippen LogP contribution < -0.4 is 10.4 Å². The van der Waals surface area contributed by atoms with Crippen LogP contribution in [0.2, 0.25) is 0 Å². The van der Waals surface area contributed by atoms with E-state index in [9.17, 15) is 0 Å². The molecule has 2 nitrogen and oxygen atoms in total. The predicted octanol–water partition coefficient (Wildman–Crippen LogP) is 2.24. The zero-order chi connectivity index (χ0) is 10.4. The molecular formula is C9H7Cl3O2. The second-order valence-electron chi connectivity index (χ2n) is 2.51. The maximum absolute atomic E-state index is 5.67. The van der Waals surface area contributed by atoms with E-state index >= 15 is 0 Å². The number of benzene rings is 1. The van der Waals surface area contributed by atoms with Crippen LogP contribution in [-0.2, 0) is 14.5 Å². The third kappa shape index (κ3) is 2.98. The number of hydrogen-bond acceptors (Lipinski definition) is 2. The zero-order valence-electron chi connectivity index (χ0n) is 7.04. The van der Waals surface area contributed by atoms with Gasteiger partial charge < -0.3 is 8.58 Å². The molecule has 0 aliphatic rings. The first-order valence-corrected chi connectivity index (χ1v) is 4.87. The Morgan fingerprint density at radius 3 is 2.29 bits per heavy atom. The van der Waals surface area contributed by atoms with Crippen LogP contribution in [0.1, 0.15) is 5.56 Å². The molecule has 0 radical (unpaired) electrons. The molecule has 0 spiro atoms. The molecular weight excluding hydrogens is 246 g/mol. The molecule has 1 aromatic carbocycles. The summed E-state index contributed by atoms with van der Waals surface area (Å²) in [5, 5.41) is 1.51. The van der Waals surface area contributed by atoms with Gasteiger partial charge in [0.1, 0.15) is 36.3 Å². The lowest BCUT2D eigenvalue weighted by Crippen LogP contribution is -2.24. The quantitative estimate of drug-likeness (QED) is 0.769. The van der Waals surface area contributed by atoms with E-state index in [0.29, 0.717) is 5.88 Å². The van der Waals surface area contributed by atoms with Gasteiger partial charge in [-0.3, -0.25) is 0 Å². The summed E-state index contributed by atoms with van der Waals surface area (Å²) in [7, 11) is 0. The van der Waals surface area contributed by atoms with Gasteiger partial charge in [0, 0.05) is 16.3 Å². The first-order valence-electron chi connectivity index (χ1n) is 3.72.